The van der Waals surface area contributed by atoms with Gasteiger partial charge in [-0.3, -0.25) is 0 Å². The maximum atomic E-state index is 13.6. The van der Waals surface area contributed by atoms with Gasteiger partial charge in [0.1, 0.15) is 11.6 Å². The van der Waals surface area contributed by atoms with Crippen molar-refractivity contribution in [3.05, 3.63) is 29.8 Å². The summed E-state index contributed by atoms with van der Waals surface area (Å²) in [6.07, 6.45) is 1.02. The number of ether oxygens (including phenoxy) is 1. The van der Waals surface area contributed by atoms with Crippen LogP contribution in [0.3, 0.4) is 0 Å². The molecule has 0 spiro atoms. The molecule has 2 aromatic rings. The maximum absolute atomic E-state index is 13.6. The highest BCUT2D eigenvalue weighted by molar-refractivity contribution is 6.20. The predicted molar refractivity (Wildman–Crippen MR) is 77.6 cm³/mol. The van der Waals surface area contributed by atoms with Gasteiger partial charge in [-0.1, -0.05) is 0 Å². The van der Waals surface area contributed by atoms with Crippen LogP contribution in [0, 0.1) is 11.7 Å². The Morgan fingerprint density at radius 1 is 1.45 bits per heavy atom. The Morgan fingerprint density at radius 2 is 2.25 bits per heavy atom. The highest BCUT2D eigenvalue weighted by atomic mass is 35.5. The van der Waals surface area contributed by atoms with Crippen molar-refractivity contribution in [1.82, 2.24) is 9.55 Å². The monoisotopic (exact) mass is 296 g/mol. The van der Waals surface area contributed by atoms with Crippen LogP contribution in [0.2, 0.25) is 0 Å². The number of hydrogen-bond donors (Lipinski definition) is 0. The van der Waals surface area contributed by atoms with Gasteiger partial charge in [-0.15, -0.1) is 11.6 Å². The maximum Gasteiger partial charge on any atom is 0.127 e. The number of nitrogens with zero attached hydrogens (tertiary/aromatic N) is 2. The molecular weight excluding hydrogens is 279 g/mol. The first-order valence-corrected chi connectivity index (χ1v) is 7.40. The Morgan fingerprint density at radius 3 is 2.90 bits per heavy atom. The summed E-state index contributed by atoms with van der Waals surface area (Å²) in [5.74, 6) is 0.971. The molecule has 20 heavy (non-hydrogen) atoms. The van der Waals surface area contributed by atoms with Crippen molar-refractivity contribution in [2.24, 2.45) is 5.92 Å². The van der Waals surface area contributed by atoms with Crippen molar-refractivity contribution in [2.75, 3.05) is 13.2 Å². The van der Waals surface area contributed by atoms with Crippen LogP contribution in [0.15, 0.2) is 18.2 Å². The molecule has 3 atom stereocenters. The number of benzene rings is 1. The largest absolute Gasteiger partial charge is 0.381 e. The minimum Gasteiger partial charge on any atom is -0.381 e. The van der Waals surface area contributed by atoms with E-state index in [0.29, 0.717) is 5.92 Å². The van der Waals surface area contributed by atoms with Crippen molar-refractivity contribution < 1.29 is 9.13 Å². The van der Waals surface area contributed by atoms with Crippen LogP contribution in [0.25, 0.3) is 11.0 Å². The highest BCUT2D eigenvalue weighted by Crippen LogP contribution is 2.34. The minimum atomic E-state index is -0.248. The third-order valence-electron chi connectivity index (χ3n) is 4.09. The van der Waals surface area contributed by atoms with Gasteiger partial charge >= 0.3 is 0 Å². The fraction of sp³-hybridized carbons (Fsp3) is 0.533. The summed E-state index contributed by atoms with van der Waals surface area (Å²) in [5, 5.41) is -0.213. The first kappa shape index (κ1) is 13.8. The molecule has 1 aliphatic heterocycles. The molecule has 1 aromatic heterocycles. The molecule has 3 rings (SSSR count). The van der Waals surface area contributed by atoms with Crippen molar-refractivity contribution in [2.45, 2.75) is 31.7 Å². The lowest BCUT2D eigenvalue weighted by Crippen LogP contribution is -2.19. The summed E-state index contributed by atoms with van der Waals surface area (Å²) in [5.41, 5.74) is 1.60. The van der Waals surface area contributed by atoms with E-state index in [1.165, 1.54) is 12.1 Å². The molecule has 2 heterocycles. The van der Waals surface area contributed by atoms with Crippen LogP contribution in [-0.4, -0.2) is 22.8 Å². The van der Waals surface area contributed by atoms with E-state index in [2.05, 4.69) is 16.5 Å². The molecule has 1 fully saturated rings. The second-order valence-corrected chi connectivity index (χ2v) is 6.11. The molecule has 1 saturated heterocycles. The van der Waals surface area contributed by atoms with E-state index in [9.17, 15) is 4.39 Å². The topological polar surface area (TPSA) is 27.1 Å². The summed E-state index contributed by atoms with van der Waals surface area (Å²) >= 11 is 6.26. The average Bonchev–Trinajstić information content (AvgIpc) is 3.04. The SMILES string of the molecule is CC(Cl)c1nc2ccc(F)cc2n1C(C)C1CCOC1. The number of alkyl halides is 1. The Bertz CT molecular complexity index is 620. The lowest BCUT2D eigenvalue weighted by Gasteiger charge is -2.23. The predicted octanol–water partition coefficient (Wildman–Crippen LogP) is 4.07. The number of fused-ring (bicyclic) bond motifs is 1. The fourth-order valence-electron chi connectivity index (χ4n) is 2.94. The van der Waals surface area contributed by atoms with Crippen LogP contribution in [-0.2, 0) is 4.74 Å². The first-order valence-electron chi connectivity index (χ1n) is 6.97. The van der Waals surface area contributed by atoms with Gasteiger partial charge in [0.05, 0.1) is 23.0 Å². The molecule has 0 bridgehead atoms. The number of aromatic nitrogens is 2. The summed E-state index contributed by atoms with van der Waals surface area (Å²) in [7, 11) is 0. The minimum absolute atomic E-state index is 0.195. The number of imidazole rings is 1. The van der Waals surface area contributed by atoms with E-state index in [0.717, 1.165) is 36.5 Å². The zero-order valence-corrected chi connectivity index (χ0v) is 12.4. The second-order valence-electron chi connectivity index (χ2n) is 5.45. The third kappa shape index (κ3) is 2.31. The first-order chi connectivity index (χ1) is 9.58. The van der Waals surface area contributed by atoms with Crippen molar-refractivity contribution in [3.63, 3.8) is 0 Å². The standard InChI is InChI=1S/C15H18ClFN2O/c1-9(16)15-18-13-4-3-12(17)7-14(13)19(15)10(2)11-5-6-20-8-11/h3-4,7,9-11H,5-6,8H2,1-2H3. The highest BCUT2D eigenvalue weighted by Gasteiger charge is 2.28. The van der Waals surface area contributed by atoms with Gasteiger partial charge in [0, 0.05) is 18.6 Å². The van der Waals surface area contributed by atoms with E-state index in [1.54, 1.807) is 6.07 Å². The molecular formula is C15H18ClFN2O. The molecule has 5 heteroatoms. The van der Waals surface area contributed by atoms with Gasteiger partial charge in [0.2, 0.25) is 0 Å². The molecule has 0 amide bonds. The zero-order valence-electron chi connectivity index (χ0n) is 11.6. The van der Waals surface area contributed by atoms with E-state index in [4.69, 9.17) is 16.3 Å². The van der Waals surface area contributed by atoms with Crippen LogP contribution >= 0.6 is 11.6 Å². The summed E-state index contributed by atoms with van der Waals surface area (Å²) in [6.45, 7) is 5.57. The molecule has 108 valence electrons. The van der Waals surface area contributed by atoms with E-state index in [1.807, 2.05) is 6.92 Å². The lowest BCUT2D eigenvalue weighted by atomic mass is 10.00. The van der Waals surface area contributed by atoms with E-state index < -0.39 is 0 Å². The number of rotatable bonds is 3. The van der Waals surface area contributed by atoms with Crippen LogP contribution < -0.4 is 0 Å². The van der Waals surface area contributed by atoms with E-state index in [-0.39, 0.29) is 17.2 Å². The molecule has 0 saturated carbocycles. The second kappa shape index (κ2) is 5.34. The quantitative estimate of drug-likeness (QED) is 0.798. The van der Waals surface area contributed by atoms with Crippen LogP contribution in [0.4, 0.5) is 4.39 Å². The van der Waals surface area contributed by atoms with Gasteiger partial charge in [-0.25, -0.2) is 9.37 Å². The van der Waals surface area contributed by atoms with E-state index >= 15 is 0 Å². The molecule has 0 radical (unpaired) electrons. The number of hydrogen-bond acceptors (Lipinski definition) is 2. The van der Waals surface area contributed by atoms with Crippen molar-refractivity contribution in [3.8, 4) is 0 Å². The van der Waals surface area contributed by atoms with Crippen molar-refractivity contribution in [1.29, 1.82) is 0 Å². The zero-order chi connectivity index (χ0) is 14.3. The molecule has 1 aliphatic rings. The normalized spacial score (nSPS) is 22.3. The Balaban J connectivity index is 2.14. The van der Waals surface area contributed by atoms with Gasteiger partial charge < -0.3 is 9.30 Å². The smallest absolute Gasteiger partial charge is 0.127 e. The van der Waals surface area contributed by atoms with Gasteiger partial charge in [0.25, 0.3) is 0 Å². The molecule has 3 unspecified atom stereocenters. The Hall–Kier alpha value is -1.13. The lowest BCUT2D eigenvalue weighted by molar-refractivity contribution is 0.175. The van der Waals surface area contributed by atoms with Crippen molar-refractivity contribution >= 4 is 22.6 Å². The van der Waals surface area contributed by atoms with Gasteiger partial charge in [-0.2, -0.15) is 0 Å². The summed E-state index contributed by atoms with van der Waals surface area (Å²) in [6, 6.07) is 4.88. The average molecular weight is 297 g/mol. The Labute approximate surface area is 122 Å². The summed E-state index contributed by atoms with van der Waals surface area (Å²) < 4.78 is 21.1. The molecule has 3 nitrogen and oxygen atoms in total. The number of halogens is 2. The summed E-state index contributed by atoms with van der Waals surface area (Å²) in [4.78, 5) is 4.57. The molecule has 0 N–H and O–H groups in total. The van der Waals surface area contributed by atoms with Crippen LogP contribution in [0.5, 0.6) is 0 Å². The molecule has 1 aromatic carbocycles. The fourth-order valence-corrected chi connectivity index (χ4v) is 3.09. The Kier molecular flexibility index (Phi) is 3.69. The van der Waals surface area contributed by atoms with Gasteiger partial charge in [0.15, 0.2) is 0 Å². The third-order valence-corrected chi connectivity index (χ3v) is 4.28. The van der Waals surface area contributed by atoms with Crippen LogP contribution in [0.1, 0.15) is 37.5 Å². The molecule has 0 aliphatic carbocycles. The van der Waals surface area contributed by atoms with Gasteiger partial charge in [-0.05, 0) is 38.5 Å².